The number of aromatic nitrogens is 1. The zero-order valence-electron chi connectivity index (χ0n) is 13.5. The predicted molar refractivity (Wildman–Crippen MR) is 88.5 cm³/mol. The standard InChI is InChI=1S/C18H25N3O2/c19-15-10-18(15)7-5-11(6-8-18)20-17(23)13-9-16(22)21-14-4-2-1-3-12(13)14/h9,11,15H,1-8,10,19H2,(H,20,23)(H,21,22). The molecular weight excluding hydrogens is 290 g/mol. The van der Waals surface area contributed by atoms with Crippen molar-refractivity contribution in [2.45, 2.75) is 69.9 Å². The molecule has 3 aliphatic rings. The third kappa shape index (κ3) is 2.71. The Morgan fingerprint density at radius 3 is 2.65 bits per heavy atom. The SMILES string of the molecule is NC1CC12CCC(NC(=O)c1cc(=O)[nH]c3c1CCCC3)CC2. The molecule has 3 aliphatic carbocycles. The van der Waals surface area contributed by atoms with Gasteiger partial charge in [0.2, 0.25) is 5.56 Å². The van der Waals surface area contributed by atoms with Crippen LogP contribution in [0.15, 0.2) is 10.9 Å². The van der Waals surface area contributed by atoms with Crippen molar-refractivity contribution in [2.24, 2.45) is 11.1 Å². The fraction of sp³-hybridized carbons (Fsp3) is 0.667. The van der Waals surface area contributed by atoms with Crippen LogP contribution in [0.25, 0.3) is 0 Å². The molecule has 4 N–H and O–H groups in total. The Morgan fingerprint density at radius 2 is 1.96 bits per heavy atom. The first-order valence-corrected chi connectivity index (χ1v) is 8.89. The van der Waals surface area contributed by atoms with Crippen LogP contribution in [0.1, 0.15) is 66.6 Å². The fourth-order valence-corrected chi connectivity index (χ4v) is 4.50. The van der Waals surface area contributed by atoms with Crippen molar-refractivity contribution in [3.8, 4) is 0 Å². The molecule has 1 spiro atoms. The van der Waals surface area contributed by atoms with Crippen LogP contribution in [0.5, 0.6) is 0 Å². The number of aromatic amines is 1. The van der Waals surface area contributed by atoms with Crippen molar-refractivity contribution in [2.75, 3.05) is 0 Å². The predicted octanol–water partition coefficient (Wildman–Crippen LogP) is 1.64. The maximum absolute atomic E-state index is 12.7. The van der Waals surface area contributed by atoms with Gasteiger partial charge < -0.3 is 16.0 Å². The van der Waals surface area contributed by atoms with Gasteiger partial charge in [-0.15, -0.1) is 0 Å². The number of rotatable bonds is 2. The molecule has 1 amide bonds. The minimum absolute atomic E-state index is 0.0738. The number of nitrogens with one attached hydrogen (secondary N) is 2. The first kappa shape index (κ1) is 14.9. The second-order valence-electron chi connectivity index (χ2n) is 7.63. The van der Waals surface area contributed by atoms with Gasteiger partial charge in [-0.3, -0.25) is 9.59 Å². The van der Waals surface area contributed by atoms with Crippen molar-refractivity contribution in [3.63, 3.8) is 0 Å². The zero-order chi connectivity index (χ0) is 16.0. The molecule has 1 atom stereocenters. The molecule has 4 rings (SSSR count). The highest BCUT2D eigenvalue weighted by molar-refractivity contribution is 5.96. The Bertz CT molecular complexity index is 686. The molecule has 1 unspecified atom stereocenters. The lowest BCUT2D eigenvalue weighted by Gasteiger charge is -2.30. The average molecular weight is 315 g/mol. The van der Waals surface area contributed by atoms with Gasteiger partial charge in [-0.1, -0.05) is 0 Å². The van der Waals surface area contributed by atoms with Crippen LogP contribution in [0, 0.1) is 5.41 Å². The van der Waals surface area contributed by atoms with Crippen LogP contribution in [0.3, 0.4) is 0 Å². The van der Waals surface area contributed by atoms with E-state index in [1.54, 1.807) is 0 Å². The maximum Gasteiger partial charge on any atom is 0.252 e. The molecule has 2 fully saturated rings. The Labute approximate surface area is 136 Å². The summed E-state index contributed by atoms with van der Waals surface area (Å²) in [7, 11) is 0. The van der Waals surface area contributed by atoms with E-state index in [9.17, 15) is 9.59 Å². The Hall–Kier alpha value is -1.62. The van der Waals surface area contributed by atoms with E-state index in [0.29, 0.717) is 17.0 Å². The van der Waals surface area contributed by atoms with E-state index in [4.69, 9.17) is 5.73 Å². The van der Waals surface area contributed by atoms with Gasteiger partial charge in [0.1, 0.15) is 0 Å². The van der Waals surface area contributed by atoms with Gasteiger partial charge in [0, 0.05) is 29.4 Å². The second kappa shape index (κ2) is 5.48. The van der Waals surface area contributed by atoms with Crippen LogP contribution < -0.4 is 16.6 Å². The smallest absolute Gasteiger partial charge is 0.252 e. The Balaban J connectivity index is 1.47. The average Bonchev–Trinajstić information content (AvgIpc) is 3.17. The summed E-state index contributed by atoms with van der Waals surface area (Å²) >= 11 is 0. The number of hydrogen-bond donors (Lipinski definition) is 3. The summed E-state index contributed by atoms with van der Waals surface area (Å²) in [5, 5.41) is 3.16. The third-order valence-electron chi connectivity index (χ3n) is 6.16. The van der Waals surface area contributed by atoms with Crippen molar-refractivity contribution >= 4 is 5.91 Å². The second-order valence-corrected chi connectivity index (χ2v) is 7.63. The van der Waals surface area contributed by atoms with Gasteiger partial charge in [-0.2, -0.15) is 0 Å². The quantitative estimate of drug-likeness (QED) is 0.775. The number of amides is 1. The van der Waals surface area contributed by atoms with Crippen LogP contribution >= 0.6 is 0 Å². The summed E-state index contributed by atoms with van der Waals surface area (Å²) in [4.78, 5) is 27.4. The Kier molecular flexibility index (Phi) is 3.56. The number of carbonyl (C=O) groups excluding carboxylic acids is 1. The molecule has 1 aromatic rings. The van der Waals surface area contributed by atoms with Crippen molar-refractivity contribution < 1.29 is 4.79 Å². The van der Waals surface area contributed by atoms with Gasteiger partial charge in [-0.05, 0) is 68.8 Å². The van der Waals surface area contributed by atoms with Crippen LogP contribution in [-0.4, -0.2) is 23.0 Å². The molecule has 0 saturated heterocycles. The summed E-state index contributed by atoms with van der Waals surface area (Å²) in [6.07, 6.45) is 9.32. The molecule has 5 heteroatoms. The molecule has 0 radical (unpaired) electrons. The molecule has 1 heterocycles. The van der Waals surface area contributed by atoms with Gasteiger partial charge in [0.05, 0.1) is 0 Å². The first-order valence-electron chi connectivity index (χ1n) is 8.89. The van der Waals surface area contributed by atoms with E-state index in [-0.39, 0.29) is 17.5 Å². The number of fused-ring (bicyclic) bond motifs is 1. The van der Waals surface area contributed by atoms with Gasteiger partial charge in [0.25, 0.3) is 5.91 Å². The highest BCUT2D eigenvalue weighted by atomic mass is 16.2. The first-order chi connectivity index (χ1) is 11.1. The van der Waals surface area contributed by atoms with E-state index in [0.717, 1.165) is 69.0 Å². The zero-order valence-corrected chi connectivity index (χ0v) is 13.5. The summed E-state index contributed by atoms with van der Waals surface area (Å²) in [6.45, 7) is 0. The highest BCUT2D eigenvalue weighted by Gasteiger charge is 2.52. The third-order valence-corrected chi connectivity index (χ3v) is 6.16. The molecule has 5 nitrogen and oxygen atoms in total. The van der Waals surface area contributed by atoms with E-state index >= 15 is 0 Å². The molecular formula is C18H25N3O2. The van der Waals surface area contributed by atoms with Crippen molar-refractivity contribution in [3.05, 3.63) is 33.2 Å². The van der Waals surface area contributed by atoms with Crippen molar-refractivity contribution in [1.29, 1.82) is 0 Å². The molecule has 23 heavy (non-hydrogen) atoms. The maximum atomic E-state index is 12.7. The summed E-state index contributed by atoms with van der Waals surface area (Å²) in [6, 6.07) is 2.07. The lowest BCUT2D eigenvalue weighted by Crippen LogP contribution is -2.40. The van der Waals surface area contributed by atoms with Crippen LogP contribution in [0.4, 0.5) is 0 Å². The molecule has 1 aromatic heterocycles. The minimum atomic E-state index is -0.164. The van der Waals surface area contributed by atoms with Crippen molar-refractivity contribution in [1.82, 2.24) is 10.3 Å². The molecule has 2 saturated carbocycles. The molecule has 0 aliphatic heterocycles. The highest BCUT2D eigenvalue weighted by Crippen LogP contribution is 2.55. The number of hydrogen-bond acceptors (Lipinski definition) is 3. The Morgan fingerprint density at radius 1 is 1.26 bits per heavy atom. The molecule has 0 aromatic carbocycles. The lowest BCUT2D eigenvalue weighted by atomic mass is 9.82. The normalized spacial score (nSPS) is 32.4. The van der Waals surface area contributed by atoms with Crippen LogP contribution in [0.2, 0.25) is 0 Å². The lowest BCUT2D eigenvalue weighted by molar-refractivity contribution is 0.0917. The van der Waals surface area contributed by atoms with E-state index in [2.05, 4.69) is 10.3 Å². The number of pyridine rings is 1. The number of carbonyl (C=O) groups is 1. The monoisotopic (exact) mass is 315 g/mol. The largest absolute Gasteiger partial charge is 0.349 e. The van der Waals surface area contributed by atoms with Gasteiger partial charge >= 0.3 is 0 Å². The van der Waals surface area contributed by atoms with E-state index < -0.39 is 0 Å². The molecule has 0 bridgehead atoms. The summed E-state index contributed by atoms with van der Waals surface area (Å²) in [5.74, 6) is -0.0738. The summed E-state index contributed by atoms with van der Waals surface area (Å²) < 4.78 is 0. The topological polar surface area (TPSA) is 88.0 Å². The number of H-pyrrole nitrogens is 1. The van der Waals surface area contributed by atoms with Gasteiger partial charge in [0.15, 0.2) is 0 Å². The minimum Gasteiger partial charge on any atom is -0.349 e. The van der Waals surface area contributed by atoms with E-state index in [1.165, 1.54) is 6.07 Å². The number of aryl methyl sites for hydroxylation is 1. The number of nitrogens with two attached hydrogens (primary N) is 1. The van der Waals surface area contributed by atoms with Gasteiger partial charge in [-0.25, -0.2) is 0 Å². The summed E-state index contributed by atoms with van der Waals surface area (Å²) in [5.41, 5.74) is 8.85. The van der Waals surface area contributed by atoms with E-state index in [1.807, 2.05) is 0 Å². The van der Waals surface area contributed by atoms with Crippen LogP contribution in [-0.2, 0) is 12.8 Å². The fourth-order valence-electron chi connectivity index (χ4n) is 4.50. The molecule has 124 valence electrons.